The minimum atomic E-state index is -0.918. The van der Waals surface area contributed by atoms with Crippen molar-refractivity contribution >= 4 is 33.0 Å². The summed E-state index contributed by atoms with van der Waals surface area (Å²) in [7, 11) is 0. The molecular formula is C6H4BrFOS. The number of thiophene rings is 1. The van der Waals surface area contributed by atoms with Crippen molar-refractivity contribution in [3.8, 4) is 0 Å². The molecule has 0 unspecified atom stereocenters. The van der Waals surface area contributed by atoms with Gasteiger partial charge in [-0.05, 0) is 27.4 Å². The van der Waals surface area contributed by atoms with Gasteiger partial charge in [0.05, 0.1) is 4.88 Å². The number of ketones is 1. The molecule has 0 aromatic carbocycles. The Labute approximate surface area is 70.0 Å². The first-order chi connectivity index (χ1) is 4.75. The Hall–Kier alpha value is -0.220. The van der Waals surface area contributed by atoms with Crippen molar-refractivity contribution in [1.82, 2.24) is 0 Å². The smallest absolute Gasteiger partial charge is 0.204 e. The first-order valence-corrected chi connectivity index (χ1v) is 4.25. The second-order valence-corrected chi connectivity index (χ2v) is 3.42. The first kappa shape index (κ1) is 7.88. The van der Waals surface area contributed by atoms with E-state index >= 15 is 0 Å². The predicted octanol–water partition coefficient (Wildman–Crippen LogP) is 2.66. The van der Waals surface area contributed by atoms with E-state index in [1.165, 1.54) is 11.3 Å². The number of carbonyl (C=O) groups is 1. The van der Waals surface area contributed by atoms with E-state index in [2.05, 4.69) is 15.9 Å². The second kappa shape index (κ2) is 3.25. The third kappa shape index (κ3) is 1.44. The van der Waals surface area contributed by atoms with Crippen molar-refractivity contribution in [1.29, 1.82) is 0 Å². The van der Waals surface area contributed by atoms with Crippen LogP contribution < -0.4 is 0 Å². The molecule has 0 aliphatic rings. The van der Waals surface area contributed by atoms with Crippen molar-refractivity contribution in [2.45, 2.75) is 0 Å². The second-order valence-electron chi connectivity index (χ2n) is 1.65. The minimum Gasteiger partial charge on any atom is -0.290 e. The van der Waals surface area contributed by atoms with Gasteiger partial charge in [0.1, 0.15) is 0 Å². The predicted molar refractivity (Wildman–Crippen MR) is 42.3 cm³/mol. The molecule has 54 valence electrons. The molecule has 0 spiro atoms. The minimum absolute atomic E-state index is 0.457. The van der Waals surface area contributed by atoms with Gasteiger partial charge in [-0.1, -0.05) is 0 Å². The monoisotopic (exact) mass is 222 g/mol. The molecule has 1 heterocycles. The maximum Gasteiger partial charge on any atom is 0.204 e. The maximum atomic E-state index is 11.8. The highest BCUT2D eigenvalue weighted by atomic mass is 79.9. The van der Waals surface area contributed by atoms with E-state index < -0.39 is 12.5 Å². The molecule has 0 saturated carbocycles. The number of halogens is 2. The highest BCUT2D eigenvalue weighted by Gasteiger charge is 2.09. The highest BCUT2D eigenvalue weighted by molar-refractivity contribution is 9.10. The van der Waals surface area contributed by atoms with Crippen LogP contribution >= 0.6 is 27.3 Å². The van der Waals surface area contributed by atoms with Crippen LogP contribution in [0.15, 0.2) is 15.9 Å². The summed E-state index contributed by atoms with van der Waals surface area (Å²) in [5.74, 6) is -0.457. The highest BCUT2D eigenvalue weighted by Crippen LogP contribution is 2.22. The van der Waals surface area contributed by atoms with Crippen LogP contribution in [0.2, 0.25) is 0 Å². The standard InChI is InChI=1S/C6H4BrFOS/c7-4-1-2-10-6(4)5(9)3-8/h1-2H,3H2. The fourth-order valence-electron chi connectivity index (χ4n) is 0.553. The van der Waals surface area contributed by atoms with E-state index in [9.17, 15) is 9.18 Å². The molecule has 1 aromatic heterocycles. The molecule has 0 atom stereocenters. The van der Waals surface area contributed by atoms with Crippen molar-refractivity contribution in [3.05, 3.63) is 20.8 Å². The Kier molecular flexibility index (Phi) is 2.56. The van der Waals surface area contributed by atoms with Crippen LogP contribution in [0, 0.1) is 0 Å². The quantitative estimate of drug-likeness (QED) is 0.704. The number of carbonyl (C=O) groups excluding carboxylic acids is 1. The number of hydrogen-bond acceptors (Lipinski definition) is 2. The summed E-state index contributed by atoms with van der Waals surface area (Å²) < 4.78 is 12.4. The summed E-state index contributed by atoms with van der Waals surface area (Å²) in [6, 6.07) is 1.73. The van der Waals surface area contributed by atoms with E-state index in [1.807, 2.05) is 0 Å². The van der Waals surface area contributed by atoms with Crippen molar-refractivity contribution in [3.63, 3.8) is 0 Å². The molecule has 4 heteroatoms. The molecule has 1 nitrogen and oxygen atoms in total. The lowest BCUT2D eigenvalue weighted by molar-refractivity contribution is 0.0962. The third-order valence-electron chi connectivity index (χ3n) is 0.992. The number of hydrogen-bond donors (Lipinski definition) is 0. The number of alkyl halides is 1. The van der Waals surface area contributed by atoms with E-state index in [-0.39, 0.29) is 0 Å². The van der Waals surface area contributed by atoms with Crippen LogP contribution in [-0.4, -0.2) is 12.5 Å². The van der Waals surface area contributed by atoms with Gasteiger partial charge in [0.15, 0.2) is 6.67 Å². The van der Waals surface area contributed by atoms with Gasteiger partial charge >= 0.3 is 0 Å². The molecule has 0 N–H and O–H groups in total. The lowest BCUT2D eigenvalue weighted by Crippen LogP contribution is -1.97. The molecule has 0 aliphatic carbocycles. The molecule has 10 heavy (non-hydrogen) atoms. The Morgan fingerprint density at radius 3 is 2.90 bits per heavy atom. The lowest BCUT2D eigenvalue weighted by atomic mass is 10.3. The van der Waals surface area contributed by atoms with Crippen LogP contribution in [0.4, 0.5) is 4.39 Å². The van der Waals surface area contributed by atoms with Crippen LogP contribution in [0.5, 0.6) is 0 Å². The Balaban J connectivity index is 2.93. The molecule has 0 bridgehead atoms. The number of Topliss-reactive ketones (excluding diaryl/α,β-unsaturated/α-hetero) is 1. The summed E-state index contributed by atoms with van der Waals surface area (Å²) in [4.78, 5) is 11.2. The van der Waals surface area contributed by atoms with Gasteiger partial charge in [-0.25, -0.2) is 4.39 Å². The molecule has 0 fully saturated rings. The topological polar surface area (TPSA) is 17.1 Å². The van der Waals surface area contributed by atoms with Crippen molar-refractivity contribution < 1.29 is 9.18 Å². The Bertz CT molecular complexity index is 246. The number of rotatable bonds is 2. The van der Waals surface area contributed by atoms with Crippen LogP contribution in [0.25, 0.3) is 0 Å². The van der Waals surface area contributed by atoms with Gasteiger partial charge in [-0.3, -0.25) is 4.79 Å². The maximum absolute atomic E-state index is 11.8. The zero-order valence-electron chi connectivity index (χ0n) is 4.93. The summed E-state index contributed by atoms with van der Waals surface area (Å²) >= 11 is 4.38. The van der Waals surface area contributed by atoms with E-state index in [4.69, 9.17) is 0 Å². The molecular weight excluding hydrogens is 219 g/mol. The largest absolute Gasteiger partial charge is 0.290 e. The molecule has 0 saturated heterocycles. The summed E-state index contributed by atoms with van der Waals surface area (Å²) in [6.45, 7) is -0.918. The molecule has 1 rings (SSSR count). The molecule has 1 aromatic rings. The van der Waals surface area contributed by atoms with Crippen LogP contribution in [0.1, 0.15) is 9.67 Å². The van der Waals surface area contributed by atoms with E-state index in [0.29, 0.717) is 9.35 Å². The summed E-state index contributed by atoms with van der Waals surface area (Å²) in [5.41, 5.74) is 0. The van der Waals surface area contributed by atoms with E-state index in [1.54, 1.807) is 11.4 Å². The zero-order valence-corrected chi connectivity index (χ0v) is 7.34. The Morgan fingerprint density at radius 1 is 1.80 bits per heavy atom. The average Bonchev–Trinajstić information content (AvgIpc) is 2.34. The van der Waals surface area contributed by atoms with Crippen molar-refractivity contribution in [2.75, 3.05) is 6.67 Å². The zero-order chi connectivity index (χ0) is 7.56. The van der Waals surface area contributed by atoms with Gasteiger partial charge in [0.25, 0.3) is 0 Å². The fourth-order valence-corrected chi connectivity index (χ4v) is 2.07. The summed E-state index contributed by atoms with van der Waals surface area (Å²) in [5, 5.41) is 1.74. The van der Waals surface area contributed by atoms with Gasteiger partial charge in [0, 0.05) is 4.47 Å². The van der Waals surface area contributed by atoms with Gasteiger partial charge in [-0.15, -0.1) is 11.3 Å². The van der Waals surface area contributed by atoms with Crippen LogP contribution in [-0.2, 0) is 0 Å². The Morgan fingerprint density at radius 2 is 2.50 bits per heavy atom. The third-order valence-corrected chi connectivity index (χ3v) is 2.87. The van der Waals surface area contributed by atoms with Gasteiger partial charge in [-0.2, -0.15) is 0 Å². The molecule has 0 radical (unpaired) electrons. The van der Waals surface area contributed by atoms with E-state index in [0.717, 1.165) is 0 Å². The lowest BCUT2D eigenvalue weighted by Gasteiger charge is -1.88. The average molecular weight is 223 g/mol. The normalized spacial score (nSPS) is 9.80. The van der Waals surface area contributed by atoms with Crippen molar-refractivity contribution in [2.24, 2.45) is 0 Å². The SMILES string of the molecule is O=C(CF)c1sccc1Br. The van der Waals surface area contributed by atoms with Gasteiger partial charge in [0.2, 0.25) is 5.78 Å². The molecule has 0 amide bonds. The molecule has 0 aliphatic heterocycles. The van der Waals surface area contributed by atoms with Gasteiger partial charge < -0.3 is 0 Å². The first-order valence-electron chi connectivity index (χ1n) is 2.58. The summed E-state index contributed by atoms with van der Waals surface area (Å²) in [6.07, 6.45) is 0. The van der Waals surface area contributed by atoms with Crippen LogP contribution in [0.3, 0.4) is 0 Å². The fraction of sp³-hybridized carbons (Fsp3) is 0.167.